The van der Waals surface area contributed by atoms with Crippen LogP contribution in [0.25, 0.3) is 0 Å². The molecule has 0 bridgehead atoms. The minimum absolute atomic E-state index is 0. The van der Waals surface area contributed by atoms with E-state index in [1.807, 2.05) is 0 Å². The monoisotopic (exact) mass is 555 g/mol. The highest BCUT2D eigenvalue weighted by molar-refractivity contribution is 3.88. The molecule has 0 heterocycles. The quantitative estimate of drug-likeness (QED) is 0.206. The maximum Gasteiger partial charge on any atom is 0.0675 e. The second-order valence-electron chi connectivity index (χ2n) is 8.05. The molecule has 0 aromatic carbocycles. The van der Waals surface area contributed by atoms with E-state index in [1.54, 1.807) is 0 Å². The minimum atomic E-state index is 0. The Morgan fingerprint density at radius 1 is 0.333 bits per heavy atom. The van der Waals surface area contributed by atoms with Crippen molar-refractivity contribution in [3.63, 3.8) is 0 Å². The predicted octanol–water partition coefficient (Wildman–Crippen LogP) is -8.02. The maximum atomic E-state index is 2.12. The Morgan fingerprint density at radius 2 is 0.333 bits per heavy atom. The number of rotatable bonds is 0. The van der Waals surface area contributed by atoms with Crippen LogP contribution >= 0.6 is 0 Å². The summed E-state index contributed by atoms with van der Waals surface area (Å²) in [6, 6.07) is 0. The summed E-state index contributed by atoms with van der Waals surface area (Å²) in [6.45, 7) is 0. The molecule has 0 aliphatic carbocycles. The Balaban J connectivity index is -0.0000000277. The lowest BCUT2D eigenvalue weighted by atomic mass is 10.8. The third kappa shape index (κ3) is 1520. The first-order chi connectivity index (χ1) is 6.00. The molecule has 6 heteroatoms. The van der Waals surface area contributed by atoms with E-state index in [9.17, 15) is 0 Å². The fraction of sp³-hybridized carbons (Fsp3) is 1.00. The third-order valence-corrected chi connectivity index (χ3v) is 0. The van der Waals surface area contributed by atoms with E-state index < -0.39 is 0 Å². The lowest BCUT2D eigenvalue weighted by Crippen LogP contribution is -3.00. The zero-order valence-electron chi connectivity index (χ0n) is 14.5. The molecule has 0 fully saturated rings. The van der Waals surface area contributed by atoms with Crippen molar-refractivity contribution in [2.45, 2.75) is 0 Å². The summed E-state index contributed by atoms with van der Waals surface area (Å²) >= 11 is 0. The van der Waals surface area contributed by atoms with Gasteiger partial charge in [-0.1, -0.05) is 0 Å². The van der Waals surface area contributed by atoms with Crippen LogP contribution in [0.3, 0.4) is 0 Å². The molecule has 0 spiro atoms. The second-order valence-corrected chi connectivity index (χ2v) is 8.05. The van der Waals surface area contributed by atoms with Crippen LogP contribution in [0.15, 0.2) is 0 Å². The average Bonchev–Trinajstić information content (AvgIpc) is 1.41. The number of nitrogens with zero attached hydrogens (tertiary/aromatic N) is 3. The summed E-state index contributed by atoms with van der Waals surface area (Å²) < 4.78 is 3.00. The van der Waals surface area contributed by atoms with Gasteiger partial charge in [-0.05, 0) is 0 Å². The molecular weight excluding hydrogens is 520 g/mol. The number of hydrogen-bond acceptors (Lipinski definition) is 0. The third-order valence-electron chi connectivity index (χ3n) is 0. The smallest absolute Gasteiger partial charge is 0.0675 e. The van der Waals surface area contributed by atoms with E-state index in [1.165, 1.54) is 0 Å². The van der Waals surface area contributed by atoms with E-state index in [2.05, 4.69) is 84.6 Å². The molecule has 0 saturated heterocycles. The molecule has 0 aliphatic heterocycles. The Labute approximate surface area is 161 Å². The average molecular weight is 556 g/mol. The Morgan fingerprint density at radius 3 is 0.333 bits per heavy atom. The SMILES string of the molecule is C[N+](C)(C)C.C[N+](C)(C)C.C[N+](C)(C)C.[Br-].[I-].[I-]. The van der Waals surface area contributed by atoms with Crippen LogP contribution in [0.1, 0.15) is 0 Å². The molecule has 0 rings (SSSR count). The molecule has 0 radical (unpaired) electrons. The van der Waals surface area contributed by atoms with Crippen LogP contribution in [0.2, 0.25) is 0 Å². The molecular formula is C12H36BrI2N3. The Hall–Kier alpha value is 1.82. The summed E-state index contributed by atoms with van der Waals surface area (Å²) in [5.74, 6) is 0. The van der Waals surface area contributed by atoms with Crippen LogP contribution in [0, 0.1) is 0 Å². The molecule has 0 aliphatic rings. The highest BCUT2D eigenvalue weighted by Crippen LogP contribution is 1.74. The van der Waals surface area contributed by atoms with Crippen LogP contribution in [0.4, 0.5) is 0 Å². The lowest BCUT2D eigenvalue weighted by molar-refractivity contribution is -0.849. The summed E-state index contributed by atoms with van der Waals surface area (Å²) in [4.78, 5) is 0. The first-order valence-electron chi connectivity index (χ1n) is 5.37. The van der Waals surface area contributed by atoms with Gasteiger partial charge in [0.25, 0.3) is 0 Å². The van der Waals surface area contributed by atoms with Crippen LogP contribution in [-0.2, 0) is 0 Å². The van der Waals surface area contributed by atoms with Crippen molar-refractivity contribution in [2.75, 3.05) is 84.6 Å². The minimum Gasteiger partial charge on any atom is -1.00 e. The van der Waals surface area contributed by atoms with Gasteiger partial charge in [-0.15, -0.1) is 0 Å². The Bertz CT molecular complexity index is 100. The molecule has 0 aromatic rings. The maximum absolute atomic E-state index is 2.12. The zero-order chi connectivity index (χ0) is 13.5. The van der Waals surface area contributed by atoms with Crippen molar-refractivity contribution in [3.05, 3.63) is 0 Å². The number of halogens is 3. The summed E-state index contributed by atoms with van der Waals surface area (Å²) in [5.41, 5.74) is 0. The predicted molar refractivity (Wildman–Crippen MR) is 71.9 cm³/mol. The first-order valence-corrected chi connectivity index (χ1v) is 5.37. The Kier molecular flexibility index (Phi) is 31.1. The highest BCUT2D eigenvalue weighted by atomic mass is 127. The number of hydrogen-bond donors (Lipinski definition) is 0. The van der Waals surface area contributed by atoms with E-state index in [-0.39, 0.29) is 64.9 Å². The van der Waals surface area contributed by atoms with Crippen LogP contribution < -0.4 is 64.9 Å². The molecule has 0 unspecified atom stereocenters. The van der Waals surface area contributed by atoms with Gasteiger partial charge in [0.05, 0.1) is 84.6 Å². The van der Waals surface area contributed by atoms with Crippen molar-refractivity contribution < 1.29 is 78.4 Å². The fourth-order valence-corrected chi connectivity index (χ4v) is 0. The second kappa shape index (κ2) is 15.2. The standard InChI is InChI=1S/3C4H12N.BrH.2HI/c3*1-5(2,3)4;;;/h3*1-4H3;3*1H/q3*+1;;;/p-3. The van der Waals surface area contributed by atoms with Gasteiger partial charge in [-0.3, -0.25) is 0 Å². The van der Waals surface area contributed by atoms with E-state index >= 15 is 0 Å². The van der Waals surface area contributed by atoms with E-state index in [4.69, 9.17) is 0 Å². The molecule has 0 amide bonds. The van der Waals surface area contributed by atoms with Crippen molar-refractivity contribution in [2.24, 2.45) is 0 Å². The highest BCUT2D eigenvalue weighted by Gasteiger charge is 1.89. The zero-order valence-corrected chi connectivity index (χ0v) is 20.4. The van der Waals surface area contributed by atoms with Crippen LogP contribution in [-0.4, -0.2) is 98.0 Å². The van der Waals surface area contributed by atoms with Gasteiger partial charge in [0.2, 0.25) is 0 Å². The molecule has 0 saturated carbocycles. The summed E-state index contributed by atoms with van der Waals surface area (Å²) in [7, 11) is 25.5. The molecule has 18 heavy (non-hydrogen) atoms. The topological polar surface area (TPSA) is 0 Å². The summed E-state index contributed by atoms with van der Waals surface area (Å²) in [6.07, 6.45) is 0. The molecule has 0 atom stereocenters. The van der Waals surface area contributed by atoms with Crippen molar-refractivity contribution in [1.29, 1.82) is 0 Å². The van der Waals surface area contributed by atoms with Crippen molar-refractivity contribution >= 4 is 0 Å². The van der Waals surface area contributed by atoms with Crippen molar-refractivity contribution in [3.8, 4) is 0 Å². The van der Waals surface area contributed by atoms with Crippen LogP contribution in [0.5, 0.6) is 0 Å². The fourth-order valence-electron chi connectivity index (χ4n) is 0. The van der Waals surface area contributed by atoms with Gasteiger partial charge in [-0.25, -0.2) is 0 Å². The lowest BCUT2D eigenvalue weighted by Gasteiger charge is -2.14. The summed E-state index contributed by atoms with van der Waals surface area (Å²) in [5, 5.41) is 0. The number of quaternary nitrogens is 3. The van der Waals surface area contributed by atoms with Gasteiger partial charge in [0, 0.05) is 0 Å². The van der Waals surface area contributed by atoms with E-state index in [0.717, 1.165) is 13.4 Å². The first kappa shape index (κ1) is 36.8. The van der Waals surface area contributed by atoms with Gasteiger partial charge < -0.3 is 78.4 Å². The van der Waals surface area contributed by atoms with Crippen molar-refractivity contribution in [1.82, 2.24) is 0 Å². The molecule has 120 valence electrons. The molecule has 0 aromatic heterocycles. The normalized spacial score (nSPS) is 10.0. The van der Waals surface area contributed by atoms with Gasteiger partial charge in [0.1, 0.15) is 0 Å². The van der Waals surface area contributed by atoms with E-state index in [0.29, 0.717) is 0 Å². The van der Waals surface area contributed by atoms with Gasteiger partial charge >= 0.3 is 0 Å². The van der Waals surface area contributed by atoms with Gasteiger partial charge in [-0.2, -0.15) is 0 Å². The molecule has 3 nitrogen and oxygen atoms in total. The molecule has 0 N–H and O–H groups in total. The van der Waals surface area contributed by atoms with Gasteiger partial charge in [0.15, 0.2) is 0 Å². The largest absolute Gasteiger partial charge is 1.00 e.